The van der Waals surface area contributed by atoms with Crippen molar-refractivity contribution in [3.63, 3.8) is 0 Å². The number of non-ortho nitro benzene ring substituents is 1. The fourth-order valence-electron chi connectivity index (χ4n) is 3.52. The molecule has 196 valence electrons. The smallest absolute Gasteiger partial charge is 0.271 e. The van der Waals surface area contributed by atoms with Crippen molar-refractivity contribution in [1.82, 2.24) is 10.2 Å². The van der Waals surface area contributed by atoms with Gasteiger partial charge in [0.25, 0.3) is 5.69 Å². The van der Waals surface area contributed by atoms with Gasteiger partial charge in [0.2, 0.25) is 21.8 Å². The van der Waals surface area contributed by atoms with Crippen molar-refractivity contribution in [1.29, 1.82) is 0 Å². The lowest BCUT2D eigenvalue weighted by Crippen LogP contribution is -2.51. The van der Waals surface area contributed by atoms with Crippen molar-refractivity contribution in [2.75, 3.05) is 30.8 Å². The summed E-state index contributed by atoms with van der Waals surface area (Å²) in [7, 11) is -2.50. The summed E-state index contributed by atoms with van der Waals surface area (Å²) in [6.07, 6.45) is 1.62. The quantitative estimate of drug-likeness (QED) is 0.335. The van der Waals surface area contributed by atoms with Gasteiger partial charge in [0.05, 0.1) is 24.0 Å². The summed E-state index contributed by atoms with van der Waals surface area (Å²) in [6.45, 7) is 4.85. The van der Waals surface area contributed by atoms with Crippen LogP contribution < -0.4 is 14.4 Å². The van der Waals surface area contributed by atoms with Crippen LogP contribution in [0.1, 0.15) is 31.4 Å². The molecule has 0 spiro atoms. The van der Waals surface area contributed by atoms with E-state index >= 15 is 0 Å². The van der Waals surface area contributed by atoms with Crippen LogP contribution >= 0.6 is 0 Å². The number of nitro benzene ring substituents is 1. The number of sulfonamides is 1. The fraction of sp³-hybridized carbons (Fsp3) is 0.417. The number of rotatable bonds is 12. The molecule has 0 saturated carbocycles. The molecule has 1 atom stereocenters. The fourth-order valence-corrected chi connectivity index (χ4v) is 4.42. The van der Waals surface area contributed by atoms with Gasteiger partial charge < -0.3 is 15.0 Å². The standard InChI is InChI=1S/C24H32N4O7S/c1-6-12-25-24(30)18(3)26(15-19-8-7-9-21(13-19)35-4)23(29)16-27(36(5,33)34)22-14-20(28(31)32)11-10-17(22)2/h7-11,13-14,18H,6,12,15-16H2,1-5H3,(H,25,30)/t18-/m0/s1. The van der Waals surface area contributed by atoms with Crippen molar-refractivity contribution in [3.8, 4) is 5.75 Å². The molecule has 0 heterocycles. The lowest BCUT2D eigenvalue weighted by Gasteiger charge is -2.32. The predicted octanol–water partition coefficient (Wildman–Crippen LogP) is 2.62. The summed E-state index contributed by atoms with van der Waals surface area (Å²) in [5.41, 5.74) is 0.823. The molecule has 0 aliphatic heterocycles. The zero-order chi connectivity index (χ0) is 27.0. The molecule has 0 aliphatic carbocycles. The number of carbonyl (C=O) groups is 2. The monoisotopic (exact) mass is 520 g/mol. The van der Waals surface area contributed by atoms with Crippen LogP contribution in [-0.4, -0.2) is 62.6 Å². The molecule has 0 saturated heterocycles. The number of hydrogen-bond acceptors (Lipinski definition) is 7. The zero-order valence-corrected chi connectivity index (χ0v) is 21.9. The minimum atomic E-state index is -4.01. The lowest BCUT2D eigenvalue weighted by molar-refractivity contribution is -0.384. The van der Waals surface area contributed by atoms with Gasteiger partial charge in [-0.05, 0) is 43.5 Å². The van der Waals surface area contributed by atoms with E-state index in [1.54, 1.807) is 38.1 Å². The Morgan fingerprint density at radius 2 is 1.89 bits per heavy atom. The first-order valence-corrected chi connectivity index (χ1v) is 13.2. The molecule has 2 aromatic rings. The molecule has 0 aliphatic rings. The molecule has 2 rings (SSSR count). The summed E-state index contributed by atoms with van der Waals surface area (Å²) in [4.78, 5) is 38.2. The van der Waals surface area contributed by atoms with Gasteiger partial charge >= 0.3 is 0 Å². The van der Waals surface area contributed by atoms with Gasteiger partial charge in [0.1, 0.15) is 18.3 Å². The number of anilines is 1. The first-order valence-electron chi connectivity index (χ1n) is 11.3. The number of hydrogen-bond donors (Lipinski definition) is 1. The van der Waals surface area contributed by atoms with Gasteiger partial charge in [-0.1, -0.05) is 25.1 Å². The third-order valence-corrected chi connectivity index (χ3v) is 6.68. The Bertz CT molecular complexity index is 1220. The maximum absolute atomic E-state index is 13.6. The third kappa shape index (κ3) is 7.41. The van der Waals surface area contributed by atoms with E-state index in [0.29, 0.717) is 29.8 Å². The normalized spacial score (nSPS) is 11.9. The van der Waals surface area contributed by atoms with Crippen LogP contribution in [0.3, 0.4) is 0 Å². The molecule has 0 radical (unpaired) electrons. The number of nitrogens with zero attached hydrogens (tertiary/aromatic N) is 3. The van der Waals surface area contributed by atoms with Crippen LogP contribution in [0.15, 0.2) is 42.5 Å². The van der Waals surface area contributed by atoms with E-state index in [1.807, 2.05) is 6.92 Å². The van der Waals surface area contributed by atoms with Gasteiger partial charge in [-0.25, -0.2) is 8.42 Å². The number of carbonyl (C=O) groups excluding carboxylic acids is 2. The summed E-state index contributed by atoms with van der Waals surface area (Å²) in [6, 6.07) is 9.85. The average Bonchev–Trinajstić information content (AvgIpc) is 2.83. The molecular weight excluding hydrogens is 488 g/mol. The number of ether oxygens (including phenoxy) is 1. The molecule has 11 nitrogen and oxygen atoms in total. The summed E-state index contributed by atoms with van der Waals surface area (Å²) in [5, 5.41) is 14.0. The summed E-state index contributed by atoms with van der Waals surface area (Å²) >= 11 is 0. The first kappa shape index (κ1) is 28.6. The Morgan fingerprint density at radius 3 is 2.47 bits per heavy atom. The Hall–Kier alpha value is -3.67. The predicted molar refractivity (Wildman–Crippen MR) is 136 cm³/mol. The molecular formula is C24H32N4O7S. The van der Waals surface area contributed by atoms with Crippen LogP contribution in [0.2, 0.25) is 0 Å². The molecule has 1 N–H and O–H groups in total. The van der Waals surface area contributed by atoms with Crippen molar-refractivity contribution in [3.05, 3.63) is 63.7 Å². The maximum atomic E-state index is 13.6. The second-order valence-electron chi connectivity index (χ2n) is 8.34. The SMILES string of the molecule is CCCNC(=O)[C@H](C)N(Cc1cccc(OC)c1)C(=O)CN(c1cc([N+](=O)[O-])ccc1C)S(C)(=O)=O. The molecule has 0 aromatic heterocycles. The number of nitrogens with one attached hydrogen (secondary N) is 1. The molecule has 2 aromatic carbocycles. The number of amides is 2. The number of benzene rings is 2. The van der Waals surface area contributed by atoms with E-state index in [0.717, 1.165) is 16.6 Å². The van der Waals surface area contributed by atoms with E-state index in [9.17, 15) is 28.1 Å². The Balaban J connectivity index is 2.48. The van der Waals surface area contributed by atoms with Gasteiger partial charge in [0.15, 0.2) is 0 Å². The van der Waals surface area contributed by atoms with E-state index in [-0.39, 0.29) is 23.8 Å². The van der Waals surface area contributed by atoms with Crippen molar-refractivity contribution < 1.29 is 27.7 Å². The van der Waals surface area contributed by atoms with Crippen LogP contribution in [0.4, 0.5) is 11.4 Å². The zero-order valence-electron chi connectivity index (χ0n) is 21.1. The Labute approximate surface area is 211 Å². The molecule has 36 heavy (non-hydrogen) atoms. The topological polar surface area (TPSA) is 139 Å². The molecule has 0 bridgehead atoms. The van der Waals surface area contributed by atoms with Crippen molar-refractivity contribution in [2.24, 2.45) is 0 Å². The highest BCUT2D eigenvalue weighted by Crippen LogP contribution is 2.28. The molecule has 12 heteroatoms. The number of nitro groups is 1. The summed E-state index contributed by atoms with van der Waals surface area (Å²) in [5.74, 6) is -0.466. The first-order chi connectivity index (χ1) is 16.9. The minimum Gasteiger partial charge on any atom is -0.497 e. The number of methoxy groups -OCH3 is 1. The highest BCUT2D eigenvalue weighted by molar-refractivity contribution is 7.92. The van der Waals surface area contributed by atoms with E-state index in [2.05, 4.69) is 5.32 Å². The maximum Gasteiger partial charge on any atom is 0.271 e. The van der Waals surface area contributed by atoms with E-state index < -0.39 is 33.4 Å². The third-order valence-electron chi connectivity index (χ3n) is 5.56. The number of aryl methyl sites for hydroxylation is 1. The Morgan fingerprint density at radius 1 is 1.19 bits per heavy atom. The molecule has 0 fully saturated rings. The molecule has 0 unspecified atom stereocenters. The molecule has 2 amide bonds. The highest BCUT2D eigenvalue weighted by atomic mass is 32.2. The highest BCUT2D eigenvalue weighted by Gasteiger charge is 2.31. The largest absolute Gasteiger partial charge is 0.497 e. The second-order valence-corrected chi connectivity index (χ2v) is 10.2. The minimum absolute atomic E-state index is 0.0161. The van der Waals surface area contributed by atoms with Crippen LogP contribution in [0, 0.1) is 17.0 Å². The summed E-state index contributed by atoms with van der Waals surface area (Å²) < 4.78 is 31.5. The average molecular weight is 521 g/mol. The van der Waals surface area contributed by atoms with Gasteiger partial charge in [-0.15, -0.1) is 0 Å². The van der Waals surface area contributed by atoms with Crippen LogP contribution in [-0.2, 0) is 26.2 Å². The van der Waals surface area contributed by atoms with Crippen molar-refractivity contribution >= 4 is 33.2 Å². The van der Waals surface area contributed by atoms with Gasteiger partial charge in [-0.2, -0.15) is 0 Å². The van der Waals surface area contributed by atoms with Crippen LogP contribution in [0.25, 0.3) is 0 Å². The lowest BCUT2D eigenvalue weighted by atomic mass is 10.1. The Kier molecular flexibility index (Phi) is 9.79. The van der Waals surface area contributed by atoms with E-state index in [1.165, 1.54) is 24.1 Å². The van der Waals surface area contributed by atoms with Gasteiger partial charge in [0, 0.05) is 25.2 Å². The van der Waals surface area contributed by atoms with E-state index in [4.69, 9.17) is 4.74 Å². The van der Waals surface area contributed by atoms with Crippen LogP contribution in [0.5, 0.6) is 5.75 Å². The van der Waals surface area contributed by atoms with Crippen molar-refractivity contribution in [2.45, 2.75) is 39.8 Å². The second kappa shape index (κ2) is 12.3. The van der Waals surface area contributed by atoms with Gasteiger partial charge in [-0.3, -0.25) is 24.0 Å².